The van der Waals surface area contributed by atoms with E-state index in [4.69, 9.17) is 4.74 Å². The van der Waals surface area contributed by atoms with Gasteiger partial charge in [-0.3, -0.25) is 10.1 Å². The molecular weight excluding hydrogens is 284 g/mol. The second kappa shape index (κ2) is 10.1. The van der Waals surface area contributed by atoms with Crippen molar-refractivity contribution in [1.82, 2.24) is 10.6 Å². The van der Waals surface area contributed by atoms with Crippen LogP contribution in [0.3, 0.4) is 0 Å². The summed E-state index contributed by atoms with van der Waals surface area (Å²) in [6, 6.07) is 8.60. The summed E-state index contributed by atoms with van der Waals surface area (Å²) in [5.41, 5.74) is 0.851. The summed E-state index contributed by atoms with van der Waals surface area (Å²) in [6.45, 7) is 2.62. The van der Waals surface area contributed by atoms with Crippen molar-refractivity contribution in [3.05, 3.63) is 48.0 Å². The maximum atomic E-state index is 11.4. The number of amides is 3. The Labute approximate surface area is 129 Å². The number of hydrogen-bond donors (Lipinski definition) is 2. The molecule has 0 bridgehead atoms. The maximum absolute atomic E-state index is 11.4. The molecule has 0 unspecified atom stereocenters. The van der Waals surface area contributed by atoms with E-state index in [2.05, 4.69) is 10.6 Å². The van der Waals surface area contributed by atoms with Gasteiger partial charge in [-0.2, -0.15) is 0 Å². The Balaban J connectivity index is 2.26. The van der Waals surface area contributed by atoms with Crippen molar-refractivity contribution < 1.29 is 19.1 Å². The summed E-state index contributed by atoms with van der Waals surface area (Å²) in [5.74, 6) is -1.32. The van der Waals surface area contributed by atoms with Crippen molar-refractivity contribution >= 4 is 17.9 Å². The Bertz CT molecular complexity index is 526. The molecule has 0 saturated carbocycles. The minimum atomic E-state index is -0.675. The van der Waals surface area contributed by atoms with Gasteiger partial charge in [-0.15, -0.1) is 0 Å². The number of carbonyl (C=O) groups excluding carboxylic acids is 3. The first-order valence-corrected chi connectivity index (χ1v) is 7.09. The first-order valence-electron chi connectivity index (χ1n) is 7.09. The van der Waals surface area contributed by atoms with Crippen LogP contribution in [-0.2, 0) is 20.9 Å². The van der Waals surface area contributed by atoms with Crippen LogP contribution >= 0.6 is 0 Å². The van der Waals surface area contributed by atoms with Crippen molar-refractivity contribution in [2.45, 2.75) is 26.4 Å². The van der Waals surface area contributed by atoms with Crippen molar-refractivity contribution in [2.24, 2.45) is 0 Å². The lowest BCUT2D eigenvalue weighted by atomic mass is 10.2. The number of urea groups is 1. The molecule has 0 heterocycles. The fraction of sp³-hybridized carbons (Fsp3) is 0.312. The highest BCUT2D eigenvalue weighted by molar-refractivity contribution is 6.02. The zero-order valence-electron chi connectivity index (χ0n) is 12.5. The Kier molecular flexibility index (Phi) is 8.04. The molecule has 0 radical (unpaired) electrons. The van der Waals surface area contributed by atoms with Gasteiger partial charge in [0.05, 0.1) is 0 Å². The summed E-state index contributed by atoms with van der Waals surface area (Å²) in [5, 5.41) is 4.61. The normalized spacial score (nSPS) is 10.2. The Morgan fingerprint density at radius 1 is 1.14 bits per heavy atom. The van der Waals surface area contributed by atoms with E-state index in [1.807, 2.05) is 37.3 Å². The molecule has 0 aliphatic rings. The minimum Gasteiger partial charge on any atom is -0.458 e. The highest BCUT2D eigenvalue weighted by Crippen LogP contribution is 2.00. The number of rotatable bonds is 7. The summed E-state index contributed by atoms with van der Waals surface area (Å²) in [4.78, 5) is 34.1. The Hall–Kier alpha value is -2.63. The zero-order chi connectivity index (χ0) is 16.2. The van der Waals surface area contributed by atoms with Crippen LogP contribution in [0.4, 0.5) is 4.79 Å². The number of ether oxygens (including phenoxy) is 1. The molecule has 0 aromatic heterocycles. The molecule has 22 heavy (non-hydrogen) atoms. The van der Waals surface area contributed by atoms with Crippen LogP contribution in [0.25, 0.3) is 0 Å². The van der Waals surface area contributed by atoms with Crippen molar-refractivity contribution in [3.63, 3.8) is 0 Å². The van der Waals surface area contributed by atoms with Gasteiger partial charge in [-0.1, -0.05) is 43.7 Å². The van der Waals surface area contributed by atoms with Crippen LogP contribution in [-0.4, -0.2) is 24.5 Å². The predicted octanol–water partition coefficient (Wildman–Crippen LogP) is 1.91. The van der Waals surface area contributed by atoms with Gasteiger partial charge in [0.25, 0.3) is 5.91 Å². The summed E-state index contributed by atoms with van der Waals surface area (Å²) in [6.07, 6.45) is 3.73. The molecule has 1 rings (SSSR count). The van der Waals surface area contributed by atoms with Crippen LogP contribution in [0.1, 0.15) is 25.3 Å². The van der Waals surface area contributed by atoms with Gasteiger partial charge in [-0.05, 0) is 12.0 Å². The number of nitrogens with one attached hydrogen (secondary N) is 2. The average Bonchev–Trinajstić information content (AvgIpc) is 2.52. The van der Waals surface area contributed by atoms with Crippen LogP contribution in [0.2, 0.25) is 0 Å². The molecule has 2 N–H and O–H groups in total. The number of carbonyl (C=O) groups is 3. The first kappa shape index (κ1) is 17.4. The summed E-state index contributed by atoms with van der Waals surface area (Å²) in [7, 11) is 0. The summed E-state index contributed by atoms with van der Waals surface area (Å²) < 4.78 is 4.96. The minimum absolute atomic E-state index is 0.128. The molecule has 0 aliphatic carbocycles. The second-order valence-corrected chi connectivity index (χ2v) is 4.53. The van der Waals surface area contributed by atoms with E-state index in [0.29, 0.717) is 6.54 Å². The maximum Gasteiger partial charge on any atom is 0.331 e. The summed E-state index contributed by atoms with van der Waals surface area (Å²) >= 11 is 0. The number of unbranched alkanes of at least 4 members (excludes halogenated alkanes) is 1. The molecule has 1 aromatic carbocycles. The predicted molar refractivity (Wildman–Crippen MR) is 81.8 cm³/mol. The fourth-order valence-electron chi connectivity index (χ4n) is 1.50. The highest BCUT2D eigenvalue weighted by atomic mass is 16.5. The van der Waals surface area contributed by atoms with Gasteiger partial charge >= 0.3 is 12.0 Å². The third-order valence-corrected chi connectivity index (χ3v) is 2.65. The van der Waals surface area contributed by atoms with Gasteiger partial charge in [0.1, 0.15) is 6.61 Å². The Morgan fingerprint density at radius 2 is 1.86 bits per heavy atom. The first-order chi connectivity index (χ1) is 10.6. The number of benzene rings is 1. The number of esters is 1. The van der Waals surface area contributed by atoms with E-state index in [-0.39, 0.29) is 6.61 Å². The van der Waals surface area contributed by atoms with Crippen molar-refractivity contribution in [2.75, 3.05) is 6.54 Å². The highest BCUT2D eigenvalue weighted by Gasteiger charge is 2.05. The molecule has 0 spiro atoms. The number of hydrogen-bond acceptors (Lipinski definition) is 4. The molecular formula is C16H20N2O4. The van der Waals surface area contributed by atoms with E-state index in [1.165, 1.54) is 0 Å². The van der Waals surface area contributed by atoms with Crippen LogP contribution < -0.4 is 10.6 Å². The standard InChI is InChI=1S/C16H20N2O4/c1-2-3-11-17-16(21)18-14(19)9-10-15(20)22-12-13-7-5-4-6-8-13/h4-10H,2-3,11-12H2,1H3,(H2,17,18,19,21). The molecule has 6 heteroatoms. The molecule has 0 aliphatic heterocycles. The van der Waals surface area contributed by atoms with Crippen molar-refractivity contribution in [3.8, 4) is 0 Å². The van der Waals surface area contributed by atoms with Crippen LogP contribution in [0.15, 0.2) is 42.5 Å². The third kappa shape index (κ3) is 7.84. The average molecular weight is 304 g/mol. The monoisotopic (exact) mass is 304 g/mol. The molecule has 0 atom stereocenters. The van der Waals surface area contributed by atoms with E-state index in [1.54, 1.807) is 0 Å². The molecule has 1 aromatic rings. The molecule has 118 valence electrons. The second-order valence-electron chi connectivity index (χ2n) is 4.53. The lowest BCUT2D eigenvalue weighted by molar-refractivity contribution is -0.139. The van der Waals surface area contributed by atoms with Crippen LogP contribution in [0, 0.1) is 0 Å². The van der Waals surface area contributed by atoms with Gasteiger partial charge in [0.2, 0.25) is 0 Å². The van der Waals surface area contributed by atoms with Crippen molar-refractivity contribution in [1.29, 1.82) is 0 Å². The number of imide groups is 1. The fourth-order valence-corrected chi connectivity index (χ4v) is 1.50. The lowest BCUT2D eigenvalue weighted by Crippen LogP contribution is -2.39. The molecule has 0 fully saturated rings. The van der Waals surface area contributed by atoms with E-state index in [0.717, 1.165) is 30.6 Å². The Morgan fingerprint density at radius 3 is 2.55 bits per heavy atom. The molecule has 0 saturated heterocycles. The van der Waals surface area contributed by atoms with Crippen LogP contribution in [0.5, 0.6) is 0 Å². The lowest BCUT2D eigenvalue weighted by Gasteiger charge is -2.03. The molecule has 3 amide bonds. The third-order valence-electron chi connectivity index (χ3n) is 2.65. The van der Waals surface area contributed by atoms with E-state index >= 15 is 0 Å². The van der Waals surface area contributed by atoms with Gasteiger partial charge in [0.15, 0.2) is 0 Å². The van der Waals surface area contributed by atoms with E-state index in [9.17, 15) is 14.4 Å². The SMILES string of the molecule is CCCCNC(=O)NC(=O)C=CC(=O)OCc1ccccc1. The largest absolute Gasteiger partial charge is 0.458 e. The smallest absolute Gasteiger partial charge is 0.331 e. The topological polar surface area (TPSA) is 84.5 Å². The zero-order valence-corrected chi connectivity index (χ0v) is 12.5. The quantitative estimate of drug-likeness (QED) is 0.458. The van der Waals surface area contributed by atoms with Gasteiger partial charge in [0, 0.05) is 18.7 Å². The van der Waals surface area contributed by atoms with E-state index < -0.39 is 17.9 Å². The molecule has 6 nitrogen and oxygen atoms in total. The van der Waals surface area contributed by atoms with Gasteiger partial charge < -0.3 is 10.1 Å². The van der Waals surface area contributed by atoms with Gasteiger partial charge in [-0.25, -0.2) is 9.59 Å².